The zero-order valence-corrected chi connectivity index (χ0v) is 25.9. The van der Waals surface area contributed by atoms with E-state index in [1.807, 2.05) is 62.9 Å². The summed E-state index contributed by atoms with van der Waals surface area (Å²) in [6, 6.07) is 24.2. The molecule has 0 aliphatic carbocycles. The molecule has 7 heteroatoms. The van der Waals surface area contributed by atoms with E-state index in [0.717, 1.165) is 34.1 Å². The van der Waals surface area contributed by atoms with E-state index in [1.165, 1.54) is 7.11 Å². The molecule has 4 aromatic carbocycles. The zero-order chi connectivity index (χ0) is 30.1. The summed E-state index contributed by atoms with van der Waals surface area (Å²) in [5.74, 6) is 0.313. The molecule has 2 unspecified atom stereocenters. The maximum atomic E-state index is 13.8. The Bertz CT molecular complexity index is 1470. The Balaban J connectivity index is 0.00000111. The molecule has 1 heterocycles. The van der Waals surface area contributed by atoms with Gasteiger partial charge < -0.3 is 14.4 Å². The van der Waals surface area contributed by atoms with E-state index >= 15 is 0 Å². The van der Waals surface area contributed by atoms with Crippen molar-refractivity contribution in [2.24, 2.45) is 0 Å². The number of hydrogen-bond donors (Lipinski definition) is 0. The van der Waals surface area contributed by atoms with E-state index in [1.54, 1.807) is 37.4 Å². The fraction of sp³-hybridized carbons (Fsp3) is 0.294. The Labute approximate surface area is 253 Å². The van der Waals surface area contributed by atoms with Crippen LogP contribution in [-0.4, -0.2) is 37.5 Å². The number of benzene rings is 4. The highest BCUT2D eigenvalue weighted by atomic mass is 35.5. The van der Waals surface area contributed by atoms with Crippen molar-refractivity contribution < 1.29 is 19.1 Å². The third kappa shape index (κ3) is 7.41. The highest BCUT2D eigenvalue weighted by Crippen LogP contribution is 2.43. The predicted octanol–water partition coefficient (Wildman–Crippen LogP) is 9.37. The number of amides is 1. The van der Waals surface area contributed by atoms with E-state index in [9.17, 15) is 9.59 Å². The number of fused-ring (bicyclic) bond motifs is 1. The Morgan fingerprint density at radius 1 is 0.732 bits per heavy atom. The molecular formula is C34H37Cl2NO4. The van der Waals surface area contributed by atoms with Crippen LogP contribution in [0, 0.1) is 0 Å². The van der Waals surface area contributed by atoms with Crippen LogP contribution in [0.3, 0.4) is 0 Å². The van der Waals surface area contributed by atoms with Gasteiger partial charge in [-0.25, -0.2) is 4.79 Å². The van der Waals surface area contributed by atoms with E-state index in [-0.39, 0.29) is 17.9 Å². The van der Waals surface area contributed by atoms with Gasteiger partial charge in [0.15, 0.2) is 0 Å². The molecule has 1 amide bonds. The minimum Gasteiger partial charge on any atom is -0.497 e. The van der Waals surface area contributed by atoms with Gasteiger partial charge in [-0.3, -0.25) is 4.79 Å². The number of carbonyl (C=O) groups excluding carboxylic acids is 2. The summed E-state index contributed by atoms with van der Waals surface area (Å²) in [4.78, 5) is 27.5. The first-order valence-electron chi connectivity index (χ1n) is 13.9. The lowest BCUT2D eigenvalue weighted by atomic mass is 9.93. The first-order chi connectivity index (χ1) is 19.9. The van der Waals surface area contributed by atoms with Crippen molar-refractivity contribution in [3.63, 3.8) is 0 Å². The van der Waals surface area contributed by atoms with Gasteiger partial charge in [0.25, 0.3) is 5.91 Å². The van der Waals surface area contributed by atoms with Gasteiger partial charge in [-0.1, -0.05) is 69.1 Å². The largest absolute Gasteiger partial charge is 0.497 e. The molecule has 1 aliphatic heterocycles. The van der Waals surface area contributed by atoms with Crippen LogP contribution in [0.1, 0.15) is 77.9 Å². The fourth-order valence-electron chi connectivity index (χ4n) is 5.04. The van der Waals surface area contributed by atoms with Crippen LogP contribution in [0.25, 0.3) is 10.8 Å². The topological polar surface area (TPSA) is 55.8 Å². The Kier molecular flexibility index (Phi) is 11.6. The number of methoxy groups -OCH3 is 2. The average Bonchev–Trinajstić information content (AvgIpc) is 3.47. The Morgan fingerprint density at radius 3 is 1.93 bits per heavy atom. The first kappa shape index (κ1) is 32.0. The van der Waals surface area contributed by atoms with Crippen LogP contribution in [0.15, 0.2) is 78.9 Å². The zero-order valence-electron chi connectivity index (χ0n) is 24.4. The van der Waals surface area contributed by atoms with Crippen LogP contribution in [0.2, 0.25) is 10.0 Å². The quantitative estimate of drug-likeness (QED) is 0.216. The van der Waals surface area contributed by atoms with Gasteiger partial charge in [-0.05, 0) is 89.0 Å². The van der Waals surface area contributed by atoms with Crippen LogP contribution in [0.4, 0.5) is 0 Å². The molecule has 0 saturated carbocycles. The molecule has 0 aromatic heterocycles. The second-order valence-corrected chi connectivity index (χ2v) is 10.0. The van der Waals surface area contributed by atoms with Crippen molar-refractivity contribution in [1.82, 2.24) is 4.90 Å². The number of carbonyl (C=O) groups is 2. The summed E-state index contributed by atoms with van der Waals surface area (Å²) < 4.78 is 10.1. The van der Waals surface area contributed by atoms with E-state index < -0.39 is 5.97 Å². The highest BCUT2D eigenvalue weighted by molar-refractivity contribution is 6.34. The first-order valence-corrected chi connectivity index (χ1v) is 14.6. The molecule has 216 valence electrons. The molecule has 41 heavy (non-hydrogen) atoms. The van der Waals surface area contributed by atoms with Gasteiger partial charge in [-0.2, -0.15) is 0 Å². The predicted molar refractivity (Wildman–Crippen MR) is 169 cm³/mol. The number of halogens is 2. The van der Waals surface area contributed by atoms with Crippen molar-refractivity contribution >= 4 is 45.9 Å². The lowest BCUT2D eigenvalue weighted by Gasteiger charge is -2.25. The maximum absolute atomic E-state index is 13.8. The van der Waals surface area contributed by atoms with Gasteiger partial charge in [-0.15, -0.1) is 0 Å². The van der Waals surface area contributed by atoms with Gasteiger partial charge in [0.2, 0.25) is 0 Å². The minimum absolute atomic E-state index is 0.0612. The lowest BCUT2D eigenvalue weighted by molar-refractivity contribution is 0.0599. The van der Waals surface area contributed by atoms with Crippen molar-refractivity contribution in [2.45, 2.75) is 46.1 Å². The van der Waals surface area contributed by atoms with Crippen molar-refractivity contribution in [2.75, 3.05) is 20.8 Å². The van der Waals surface area contributed by atoms with Crippen molar-refractivity contribution in [3.05, 3.63) is 111 Å². The molecule has 2 atom stereocenters. The second kappa shape index (κ2) is 14.9. The molecule has 0 bridgehead atoms. The van der Waals surface area contributed by atoms with Crippen LogP contribution in [0.5, 0.6) is 5.75 Å². The summed E-state index contributed by atoms with van der Waals surface area (Å²) in [5.41, 5.74) is 2.96. The second-order valence-electron chi connectivity index (χ2n) is 9.15. The van der Waals surface area contributed by atoms with E-state index in [4.69, 9.17) is 32.7 Å². The van der Waals surface area contributed by atoms with Crippen molar-refractivity contribution in [1.29, 1.82) is 0 Å². The van der Waals surface area contributed by atoms with Gasteiger partial charge in [0.05, 0.1) is 25.8 Å². The van der Waals surface area contributed by atoms with Crippen LogP contribution in [-0.2, 0) is 4.74 Å². The number of ether oxygens (including phenoxy) is 2. The molecule has 0 radical (unpaired) electrons. The number of esters is 1. The maximum Gasteiger partial charge on any atom is 0.337 e. The SMILES string of the molecule is CC.CC.COC(=O)c1ccc(C(=O)N2CC(c3cc(Cl)cc(Cl)c3)CC2c2ccc3cc(OC)ccc3c2)cc1. The standard InChI is InChI=1S/C30H25Cl2NO4.2C2H6/c1-36-27-10-9-20-11-22(8-7-21(20)14-27)28-15-24(23-12-25(31)16-26(32)13-23)17-33(28)29(34)18-3-5-19(6-4-18)30(35)37-2;2*1-2/h3-14,16,24,28H,15,17H2,1-2H3;2*1-2H3. The molecule has 1 fully saturated rings. The third-order valence-electron chi connectivity index (χ3n) is 6.93. The molecule has 1 saturated heterocycles. The van der Waals surface area contributed by atoms with Crippen molar-refractivity contribution in [3.8, 4) is 5.75 Å². The Hall–Kier alpha value is -3.54. The van der Waals surface area contributed by atoms with Crippen LogP contribution >= 0.6 is 23.2 Å². The van der Waals surface area contributed by atoms with E-state index in [0.29, 0.717) is 27.7 Å². The number of likely N-dealkylation sites (tertiary alicyclic amines) is 1. The van der Waals surface area contributed by atoms with Gasteiger partial charge >= 0.3 is 5.97 Å². The minimum atomic E-state index is -0.441. The van der Waals surface area contributed by atoms with Gasteiger partial charge in [0, 0.05) is 28.1 Å². The molecular weight excluding hydrogens is 557 g/mol. The molecule has 5 rings (SSSR count). The fourth-order valence-corrected chi connectivity index (χ4v) is 5.58. The molecule has 4 aromatic rings. The third-order valence-corrected chi connectivity index (χ3v) is 7.36. The van der Waals surface area contributed by atoms with Gasteiger partial charge in [0.1, 0.15) is 5.75 Å². The lowest BCUT2D eigenvalue weighted by Crippen LogP contribution is -2.31. The summed E-state index contributed by atoms with van der Waals surface area (Å²) in [6.07, 6.45) is 0.727. The number of hydrogen-bond acceptors (Lipinski definition) is 4. The average molecular weight is 595 g/mol. The number of nitrogens with zero attached hydrogens (tertiary/aromatic N) is 1. The summed E-state index contributed by atoms with van der Waals surface area (Å²) >= 11 is 12.6. The summed E-state index contributed by atoms with van der Waals surface area (Å²) in [6.45, 7) is 8.51. The van der Waals surface area contributed by atoms with Crippen LogP contribution < -0.4 is 4.74 Å². The summed E-state index contributed by atoms with van der Waals surface area (Å²) in [7, 11) is 2.98. The molecule has 0 spiro atoms. The highest BCUT2D eigenvalue weighted by Gasteiger charge is 2.37. The normalized spacial score (nSPS) is 15.8. The summed E-state index contributed by atoms with van der Waals surface area (Å²) in [5, 5.41) is 3.28. The smallest absolute Gasteiger partial charge is 0.337 e. The van der Waals surface area contributed by atoms with E-state index in [2.05, 4.69) is 18.2 Å². The molecule has 0 N–H and O–H groups in total. The molecule has 5 nitrogen and oxygen atoms in total. The number of rotatable bonds is 5. The Morgan fingerprint density at radius 2 is 1.32 bits per heavy atom. The monoisotopic (exact) mass is 593 g/mol. The molecule has 1 aliphatic rings.